The summed E-state index contributed by atoms with van der Waals surface area (Å²) in [4.78, 5) is 14.0. The van der Waals surface area contributed by atoms with Gasteiger partial charge in [0.2, 0.25) is 5.91 Å². The van der Waals surface area contributed by atoms with Crippen LogP contribution in [0.5, 0.6) is 0 Å². The Bertz CT molecular complexity index is 482. The van der Waals surface area contributed by atoms with Gasteiger partial charge in [-0.3, -0.25) is 9.69 Å². The molecule has 1 amide bonds. The summed E-state index contributed by atoms with van der Waals surface area (Å²) in [7, 11) is 0. The molecule has 1 aromatic carbocycles. The molecule has 21 heavy (non-hydrogen) atoms. The predicted octanol–water partition coefficient (Wildman–Crippen LogP) is 3.02. The van der Waals surface area contributed by atoms with Gasteiger partial charge in [-0.1, -0.05) is 36.2 Å². The third-order valence-corrected chi connectivity index (χ3v) is 5.02. The van der Waals surface area contributed by atoms with Crippen LogP contribution in [0.4, 0.5) is 0 Å². The molecule has 0 saturated carbocycles. The van der Waals surface area contributed by atoms with Gasteiger partial charge in [-0.15, -0.1) is 0 Å². The lowest BCUT2D eigenvalue weighted by Crippen LogP contribution is -2.56. The number of carbonyl (C=O) groups is 1. The molecule has 1 N–H and O–H groups in total. The summed E-state index contributed by atoms with van der Waals surface area (Å²) >= 11 is 0. The second-order valence-electron chi connectivity index (χ2n) is 6.77. The third-order valence-electron chi connectivity index (χ3n) is 5.02. The molecule has 2 heterocycles. The Hall–Kier alpha value is -1.35. The quantitative estimate of drug-likeness (QED) is 0.926. The molecule has 2 aliphatic heterocycles. The summed E-state index contributed by atoms with van der Waals surface area (Å²) in [5, 5.41) is 3.14. The van der Waals surface area contributed by atoms with Crippen LogP contribution in [0.2, 0.25) is 0 Å². The fraction of sp³-hybridized carbons (Fsp3) is 0.611. The molecule has 3 rings (SSSR count). The Balaban J connectivity index is 1.68. The predicted molar refractivity (Wildman–Crippen MR) is 85.0 cm³/mol. The summed E-state index contributed by atoms with van der Waals surface area (Å²) in [6, 6.07) is 10.6. The molecule has 3 nitrogen and oxygen atoms in total. The molecule has 114 valence electrons. The lowest BCUT2D eigenvalue weighted by molar-refractivity contribution is -0.120. The molecule has 0 aliphatic carbocycles. The van der Waals surface area contributed by atoms with Crippen molar-refractivity contribution >= 4 is 5.91 Å². The lowest BCUT2D eigenvalue weighted by Gasteiger charge is -2.49. The van der Waals surface area contributed by atoms with Gasteiger partial charge in [0, 0.05) is 31.6 Å². The molecule has 2 bridgehead atoms. The van der Waals surface area contributed by atoms with Gasteiger partial charge in [0.15, 0.2) is 0 Å². The fourth-order valence-corrected chi connectivity index (χ4v) is 4.05. The van der Waals surface area contributed by atoms with Crippen molar-refractivity contribution in [3.63, 3.8) is 0 Å². The van der Waals surface area contributed by atoms with E-state index in [1.54, 1.807) is 6.92 Å². The van der Waals surface area contributed by atoms with E-state index < -0.39 is 0 Å². The molecule has 2 saturated heterocycles. The first-order chi connectivity index (χ1) is 10.1. The van der Waals surface area contributed by atoms with E-state index >= 15 is 0 Å². The molecule has 2 aliphatic rings. The van der Waals surface area contributed by atoms with E-state index in [1.165, 1.54) is 30.4 Å². The van der Waals surface area contributed by atoms with Crippen molar-refractivity contribution in [3.05, 3.63) is 35.4 Å². The van der Waals surface area contributed by atoms with Gasteiger partial charge in [0.25, 0.3) is 0 Å². The van der Waals surface area contributed by atoms with E-state index in [1.807, 2.05) is 0 Å². The van der Waals surface area contributed by atoms with Crippen molar-refractivity contribution in [2.45, 2.75) is 70.6 Å². The standard InChI is InChI=1S/C18H26N2O/c1-13-6-8-15(9-7-13)12-20-17-4-3-5-18(20)11-16(10-17)19-14(2)21/h6-9,16-18H,3-5,10-12H2,1-2H3,(H,19,21). The number of nitrogens with one attached hydrogen (secondary N) is 1. The minimum absolute atomic E-state index is 0.116. The number of hydrogen-bond donors (Lipinski definition) is 1. The van der Waals surface area contributed by atoms with Crippen molar-refractivity contribution < 1.29 is 4.79 Å². The van der Waals surface area contributed by atoms with Gasteiger partial charge < -0.3 is 5.32 Å². The van der Waals surface area contributed by atoms with Crippen LogP contribution < -0.4 is 5.32 Å². The van der Waals surface area contributed by atoms with Crippen LogP contribution in [0.15, 0.2) is 24.3 Å². The maximum atomic E-state index is 11.3. The zero-order valence-electron chi connectivity index (χ0n) is 13.1. The van der Waals surface area contributed by atoms with Crippen molar-refractivity contribution in [2.75, 3.05) is 0 Å². The number of aryl methyl sites for hydroxylation is 1. The molecular weight excluding hydrogens is 260 g/mol. The van der Waals surface area contributed by atoms with Gasteiger partial charge in [-0.05, 0) is 38.2 Å². The number of amides is 1. The van der Waals surface area contributed by atoms with Crippen molar-refractivity contribution in [3.8, 4) is 0 Å². The molecule has 2 atom stereocenters. The number of piperidine rings is 2. The molecule has 0 spiro atoms. The molecule has 0 aromatic heterocycles. The fourth-order valence-electron chi connectivity index (χ4n) is 4.05. The van der Waals surface area contributed by atoms with Gasteiger partial charge in [-0.2, -0.15) is 0 Å². The van der Waals surface area contributed by atoms with Gasteiger partial charge in [0.1, 0.15) is 0 Å². The molecule has 3 heteroatoms. The van der Waals surface area contributed by atoms with E-state index in [0.717, 1.165) is 19.4 Å². The van der Waals surface area contributed by atoms with Crippen LogP contribution >= 0.6 is 0 Å². The van der Waals surface area contributed by atoms with Crippen LogP contribution in [-0.2, 0) is 11.3 Å². The first kappa shape index (κ1) is 14.6. The first-order valence-corrected chi connectivity index (χ1v) is 8.20. The normalized spacial score (nSPS) is 29.1. The number of hydrogen-bond acceptors (Lipinski definition) is 2. The van der Waals surface area contributed by atoms with Gasteiger partial charge in [-0.25, -0.2) is 0 Å². The van der Waals surface area contributed by atoms with E-state index in [4.69, 9.17) is 0 Å². The van der Waals surface area contributed by atoms with Gasteiger partial charge in [0.05, 0.1) is 0 Å². The second kappa shape index (κ2) is 6.18. The monoisotopic (exact) mass is 286 g/mol. The summed E-state index contributed by atoms with van der Waals surface area (Å²) in [5.41, 5.74) is 2.73. The Morgan fingerprint density at radius 2 is 1.81 bits per heavy atom. The van der Waals surface area contributed by atoms with Crippen LogP contribution in [0.3, 0.4) is 0 Å². The average molecular weight is 286 g/mol. The van der Waals surface area contributed by atoms with E-state index in [2.05, 4.69) is 41.4 Å². The molecule has 0 radical (unpaired) electrons. The van der Waals surface area contributed by atoms with Crippen LogP contribution in [0.1, 0.15) is 50.2 Å². The highest BCUT2D eigenvalue weighted by molar-refractivity contribution is 5.73. The Labute approximate surface area is 127 Å². The maximum absolute atomic E-state index is 11.3. The zero-order valence-corrected chi connectivity index (χ0v) is 13.1. The Morgan fingerprint density at radius 3 is 2.38 bits per heavy atom. The topological polar surface area (TPSA) is 32.3 Å². The van der Waals surface area contributed by atoms with E-state index in [9.17, 15) is 4.79 Å². The summed E-state index contributed by atoms with van der Waals surface area (Å²) in [5.74, 6) is 0.116. The zero-order chi connectivity index (χ0) is 14.8. The maximum Gasteiger partial charge on any atom is 0.217 e. The SMILES string of the molecule is CC(=O)NC1CC2CCCC(C1)N2Cc1ccc(C)cc1. The smallest absolute Gasteiger partial charge is 0.217 e. The molecular formula is C18H26N2O. The number of carbonyl (C=O) groups excluding carboxylic acids is 1. The van der Waals surface area contributed by atoms with Crippen molar-refractivity contribution in [1.29, 1.82) is 0 Å². The number of fused-ring (bicyclic) bond motifs is 2. The minimum atomic E-state index is 0.116. The first-order valence-electron chi connectivity index (χ1n) is 8.20. The molecule has 1 aromatic rings. The molecule has 2 fully saturated rings. The number of benzene rings is 1. The summed E-state index contributed by atoms with van der Waals surface area (Å²) < 4.78 is 0. The number of nitrogens with zero attached hydrogens (tertiary/aromatic N) is 1. The largest absolute Gasteiger partial charge is 0.353 e. The Kier molecular flexibility index (Phi) is 4.29. The lowest BCUT2D eigenvalue weighted by atomic mass is 9.81. The number of rotatable bonds is 3. The minimum Gasteiger partial charge on any atom is -0.353 e. The highest BCUT2D eigenvalue weighted by Gasteiger charge is 2.38. The van der Waals surface area contributed by atoms with E-state index in [0.29, 0.717) is 18.1 Å². The van der Waals surface area contributed by atoms with Gasteiger partial charge >= 0.3 is 0 Å². The van der Waals surface area contributed by atoms with E-state index in [-0.39, 0.29) is 5.91 Å². The average Bonchev–Trinajstić information content (AvgIpc) is 2.41. The van der Waals surface area contributed by atoms with Crippen LogP contribution in [0, 0.1) is 6.92 Å². The van der Waals surface area contributed by atoms with Crippen molar-refractivity contribution in [1.82, 2.24) is 10.2 Å². The second-order valence-corrected chi connectivity index (χ2v) is 6.77. The summed E-state index contributed by atoms with van der Waals surface area (Å²) in [6.07, 6.45) is 6.12. The van der Waals surface area contributed by atoms with Crippen molar-refractivity contribution in [2.24, 2.45) is 0 Å². The van der Waals surface area contributed by atoms with Crippen LogP contribution in [-0.4, -0.2) is 28.9 Å². The Morgan fingerprint density at radius 1 is 1.19 bits per heavy atom. The highest BCUT2D eigenvalue weighted by Crippen LogP contribution is 2.35. The molecule has 2 unspecified atom stereocenters. The van der Waals surface area contributed by atoms with Crippen LogP contribution in [0.25, 0.3) is 0 Å². The highest BCUT2D eigenvalue weighted by atomic mass is 16.1. The summed E-state index contributed by atoms with van der Waals surface area (Å²) in [6.45, 7) is 4.83. The third kappa shape index (κ3) is 3.46.